The largest absolute Gasteiger partial charge is 0.500 e. The van der Waals surface area contributed by atoms with E-state index in [-0.39, 0.29) is 29.5 Å². The van der Waals surface area contributed by atoms with Gasteiger partial charge in [0.15, 0.2) is 17.4 Å². The monoisotopic (exact) mass is 1060 g/mol. The number of likely N-dealkylation sites (N-methyl/N-ethyl adjacent to an activating group) is 1. The quantitative estimate of drug-likeness (QED) is 0.0127. The Morgan fingerprint density at radius 3 is 2.00 bits per heavy atom. The molecule has 2 aromatic carbocycles. The van der Waals surface area contributed by atoms with Crippen molar-refractivity contribution in [2.45, 2.75) is 68.0 Å². The summed E-state index contributed by atoms with van der Waals surface area (Å²) in [5.74, 6) is 5.11. The number of nitrogen functional groups attached to an aromatic ring is 1. The topological polar surface area (TPSA) is 241 Å². The lowest BCUT2D eigenvalue weighted by Crippen LogP contribution is -2.26. The fraction of sp³-hybridized carbons (Fsp3) is 0.278. The van der Waals surface area contributed by atoms with Crippen molar-refractivity contribution < 1.29 is 43.2 Å². The van der Waals surface area contributed by atoms with Crippen LogP contribution in [-0.2, 0) is 43.4 Å². The number of carbonyl (C=O) groups excluding carboxylic acids is 3. The molecule has 19 nitrogen and oxygen atoms in total. The highest BCUT2D eigenvalue weighted by atomic mass is 35.5. The van der Waals surface area contributed by atoms with E-state index in [4.69, 9.17) is 48.2 Å². The van der Waals surface area contributed by atoms with Gasteiger partial charge in [-0.25, -0.2) is 44.5 Å². The Morgan fingerprint density at radius 1 is 0.760 bits per heavy atom. The van der Waals surface area contributed by atoms with Crippen molar-refractivity contribution in [2.24, 2.45) is 5.84 Å². The van der Waals surface area contributed by atoms with Crippen LogP contribution < -0.4 is 16.0 Å². The van der Waals surface area contributed by atoms with Crippen LogP contribution in [0.4, 0.5) is 5.82 Å². The van der Waals surface area contributed by atoms with Crippen LogP contribution in [0.5, 0.6) is 5.75 Å². The number of ketones is 1. The van der Waals surface area contributed by atoms with Gasteiger partial charge in [-0.3, -0.25) is 4.79 Å². The first-order chi connectivity index (χ1) is 36.0. The minimum absolute atomic E-state index is 0.0521. The van der Waals surface area contributed by atoms with Gasteiger partial charge < -0.3 is 34.4 Å². The van der Waals surface area contributed by atoms with E-state index in [0.29, 0.717) is 64.5 Å². The number of nitrogens with zero attached hydrogens (tertiary/aromatic N) is 8. The smallest absolute Gasteiger partial charge is 0.344 e. The average molecular weight is 1060 g/mol. The molecule has 0 aliphatic carbocycles. The molecule has 0 bridgehead atoms. The van der Waals surface area contributed by atoms with Crippen LogP contribution in [0.15, 0.2) is 115 Å². The number of aryl methyl sites for hydroxylation is 1. The molecule has 8 rings (SSSR count). The molecular formula is C54H60Cl2N10O9. The standard InChI is InChI=1S/C28H28N4O3.C12H12ClN3O2.C9H14O4.C5H6ClN3/c1-18-7-10-26(35-17-20-8-9-22-16-31(3)12-11-21(22)14-20)23(13-18)25-5-4-6-27(30-25)32-19(2)24(15-29-32)28(33)34;1-3-18-12(17)9-7-14-16(8(9)2)11-6-4-5-10(13)15-11;1-4-12-6-8(7(3)10)9(11)13-5-2;6-4-2-1-3-5(8-4)9-7/h4-10,13-15H,11-12,16-17H2,1-3H3,(H,33,34);4-7H,3H2,1-2H3;6H,4-5H2,1-3H3;1-3H,7H2,(H,8,9)/b;;8-6-;. The zero-order valence-electron chi connectivity index (χ0n) is 43.0. The predicted molar refractivity (Wildman–Crippen MR) is 285 cm³/mol. The number of ether oxygens (including phenoxy) is 4. The molecule has 5 aromatic heterocycles. The Morgan fingerprint density at radius 2 is 1.40 bits per heavy atom. The number of hydrogen-bond donors (Lipinski definition) is 3. The number of fused-ring (bicyclic) bond motifs is 1. The van der Waals surface area contributed by atoms with Crippen molar-refractivity contribution in [3.63, 3.8) is 0 Å². The zero-order chi connectivity index (χ0) is 54.6. The number of halogens is 2. The van der Waals surface area contributed by atoms with Gasteiger partial charge in [0.05, 0.1) is 49.3 Å². The van der Waals surface area contributed by atoms with Crippen LogP contribution in [-0.4, -0.2) is 102 Å². The van der Waals surface area contributed by atoms with Gasteiger partial charge in [0.25, 0.3) is 0 Å². The van der Waals surface area contributed by atoms with Gasteiger partial charge in [-0.2, -0.15) is 10.2 Å². The Kier molecular flexibility index (Phi) is 22.0. The molecule has 0 atom stereocenters. The third-order valence-corrected chi connectivity index (χ3v) is 11.4. The molecule has 4 N–H and O–H groups in total. The molecule has 7 aromatic rings. The van der Waals surface area contributed by atoms with E-state index >= 15 is 0 Å². The number of carboxylic acids is 1. The van der Waals surface area contributed by atoms with Crippen molar-refractivity contribution in [1.29, 1.82) is 0 Å². The summed E-state index contributed by atoms with van der Waals surface area (Å²) in [6, 6.07) is 28.7. The molecule has 1 aliphatic rings. The lowest BCUT2D eigenvalue weighted by molar-refractivity contribution is -0.140. The predicted octanol–water partition coefficient (Wildman–Crippen LogP) is 9.30. The summed E-state index contributed by atoms with van der Waals surface area (Å²) in [5, 5.41) is 18.5. The Labute approximate surface area is 445 Å². The van der Waals surface area contributed by atoms with Crippen LogP contribution in [0.25, 0.3) is 22.9 Å². The number of Topliss-reactive ketones (excluding diaryl/α,β-unsaturated/α-hetero) is 1. The summed E-state index contributed by atoms with van der Waals surface area (Å²) in [7, 11) is 2.15. The highest BCUT2D eigenvalue weighted by Crippen LogP contribution is 2.32. The van der Waals surface area contributed by atoms with Gasteiger partial charge in [-0.15, -0.1) is 0 Å². The number of hydrogen-bond acceptors (Lipinski definition) is 16. The molecule has 0 spiro atoms. The molecule has 75 heavy (non-hydrogen) atoms. The van der Waals surface area contributed by atoms with E-state index in [9.17, 15) is 24.3 Å². The maximum absolute atomic E-state index is 11.7. The molecule has 1 aliphatic heterocycles. The molecule has 0 unspecified atom stereocenters. The first-order valence-electron chi connectivity index (χ1n) is 23.7. The number of nitrogens with two attached hydrogens (primary N) is 1. The molecule has 21 heteroatoms. The highest BCUT2D eigenvalue weighted by molar-refractivity contribution is 6.29. The molecule has 0 saturated heterocycles. The Bertz CT molecular complexity index is 3120. The second-order valence-corrected chi connectivity index (χ2v) is 17.2. The van der Waals surface area contributed by atoms with E-state index in [1.54, 1.807) is 80.4 Å². The molecule has 6 heterocycles. The first-order valence-corrected chi connectivity index (χ1v) is 24.5. The van der Waals surface area contributed by atoms with E-state index in [1.165, 1.54) is 30.4 Å². The second kappa shape index (κ2) is 28.5. The number of pyridine rings is 3. The van der Waals surface area contributed by atoms with Crippen LogP contribution in [0, 0.1) is 20.8 Å². The maximum atomic E-state index is 11.7. The number of carboxylic acid groups (broad SMARTS) is 1. The molecule has 0 radical (unpaired) electrons. The number of hydrazine groups is 1. The van der Waals surface area contributed by atoms with Crippen LogP contribution in [0.3, 0.4) is 0 Å². The second-order valence-electron chi connectivity index (χ2n) is 16.5. The molecule has 0 fully saturated rings. The minimum Gasteiger partial charge on any atom is -0.500 e. The average Bonchev–Trinajstić information content (AvgIpc) is 3.98. The number of anilines is 1. The summed E-state index contributed by atoms with van der Waals surface area (Å²) in [6.07, 6.45) is 5.02. The van der Waals surface area contributed by atoms with Crippen LogP contribution >= 0.6 is 23.2 Å². The van der Waals surface area contributed by atoms with E-state index in [1.807, 2.05) is 37.3 Å². The maximum Gasteiger partial charge on any atom is 0.344 e. The molecule has 0 saturated carbocycles. The summed E-state index contributed by atoms with van der Waals surface area (Å²) in [4.78, 5) is 60.2. The fourth-order valence-electron chi connectivity index (χ4n) is 7.21. The number of rotatable bonds is 15. The highest BCUT2D eigenvalue weighted by Gasteiger charge is 2.19. The number of benzene rings is 2. The third-order valence-electron chi connectivity index (χ3n) is 11.0. The van der Waals surface area contributed by atoms with E-state index < -0.39 is 11.9 Å². The fourth-order valence-corrected chi connectivity index (χ4v) is 7.54. The first kappa shape index (κ1) is 57.9. The molecule has 394 valence electrons. The number of aromatic nitrogens is 7. The van der Waals surface area contributed by atoms with Crippen molar-refractivity contribution in [2.75, 3.05) is 38.8 Å². The zero-order valence-corrected chi connectivity index (χ0v) is 44.5. The van der Waals surface area contributed by atoms with Gasteiger partial charge in [-0.1, -0.05) is 71.2 Å². The van der Waals surface area contributed by atoms with Crippen molar-refractivity contribution in [3.8, 4) is 28.6 Å². The van der Waals surface area contributed by atoms with Crippen molar-refractivity contribution in [1.82, 2.24) is 39.4 Å². The molecular weight excluding hydrogens is 1000 g/mol. The number of esters is 2. The molecule has 0 amide bonds. The van der Waals surface area contributed by atoms with E-state index in [2.05, 4.69) is 66.5 Å². The normalized spacial score (nSPS) is 11.7. The van der Waals surface area contributed by atoms with Gasteiger partial charge in [0, 0.05) is 18.7 Å². The van der Waals surface area contributed by atoms with Crippen molar-refractivity contribution >= 4 is 52.7 Å². The number of aromatic carboxylic acids is 1. The Balaban J connectivity index is 0.000000216. The number of carbonyl (C=O) groups is 4. The lowest BCUT2D eigenvalue weighted by atomic mass is 9.98. The summed E-state index contributed by atoms with van der Waals surface area (Å²) in [6.45, 7) is 15.6. The third kappa shape index (κ3) is 16.5. The van der Waals surface area contributed by atoms with Crippen LogP contribution in [0.1, 0.15) is 82.1 Å². The van der Waals surface area contributed by atoms with Gasteiger partial charge in [0.2, 0.25) is 0 Å². The minimum atomic E-state index is -1.01. The van der Waals surface area contributed by atoms with Gasteiger partial charge in [0.1, 0.15) is 51.4 Å². The Hall–Kier alpha value is -7.97. The summed E-state index contributed by atoms with van der Waals surface area (Å²) >= 11 is 11.3. The van der Waals surface area contributed by atoms with Crippen LogP contribution in [0.2, 0.25) is 10.3 Å². The van der Waals surface area contributed by atoms with Gasteiger partial charge >= 0.3 is 17.9 Å². The van der Waals surface area contributed by atoms with Gasteiger partial charge in [-0.05, 0) is 127 Å². The van der Waals surface area contributed by atoms with E-state index in [0.717, 1.165) is 53.9 Å². The van der Waals surface area contributed by atoms with Crippen molar-refractivity contribution in [3.05, 3.63) is 170 Å². The SMILES string of the molecule is CCO/C=C(/C(C)=O)C(=O)OCC.CCOC(=O)c1cnn(-c2cccc(Cl)n2)c1C.Cc1ccc(OCc2ccc3c(c2)CCN(C)C3)c(-c2cccc(-n3ncc(C(=O)O)c3C)n2)c1.NNc1cccc(Cl)n1. The summed E-state index contributed by atoms with van der Waals surface area (Å²) in [5.41, 5.74) is 10.8. The lowest BCUT2D eigenvalue weighted by Gasteiger charge is -2.25. The summed E-state index contributed by atoms with van der Waals surface area (Å²) < 4.78 is 23.8. The number of nitrogens with one attached hydrogen (secondary N) is 1.